The number of hydrogen-bond acceptors (Lipinski definition) is 5. The van der Waals surface area contributed by atoms with E-state index in [0.717, 1.165) is 22.3 Å². The Balaban J connectivity index is 1.81. The molecule has 186 valence electrons. The van der Waals surface area contributed by atoms with Gasteiger partial charge in [-0.15, -0.1) is 0 Å². The van der Waals surface area contributed by atoms with Crippen molar-refractivity contribution >= 4 is 17.6 Å². The zero-order valence-corrected chi connectivity index (χ0v) is 21.2. The van der Waals surface area contributed by atoms with E-state index >= 15 is 0 Å². The van der Waals surface area contributed by atoms with Crippen LogP contribution in [0.2, 0.25) is 0 Å². The molecule has 0 bridgehead atoms. The Labute approximate surface area is 217 Å². The number of dihydropyridines is 1. The summed E-state index contributed by atoms with van der Waals surface area (Å²) >= 11 is 0. The Morgan fingerprint density at radius 2 is 1.43 bits per heavy atom. The fraction of sp³-hybridized carbons (Fsp3) is 0.188. The van der Waals surface area contributed by atoms with Gasteiger partial charge in [-0.1, -0.05) is 90.2 Å². The van der Waals surface area contributed by atoms with Crippen LogP contribution in [0.1, 0.15) is 36.1 Å². The highest BCUT2D eigenvalue weighted by atomic mass is 16.5. The minimum Gasteiger partial charge on any atom is -0.463 e. The van der Waals surface area contributed by atoms with Crippen molar-refractivity contribution < 1.29 is 19.1 Å². The molecule has 0 saturated heterocycles. The van der Waals surface area contributed by atoms with E-state index in [-0.39, 0.29) is 18.8 Å². The summed E-state index contributed by atoms with van der Waals surface area (Å²) in [7, 11) is 0. The van der Waals surface area contributed by atoms with Gasteiger partial charge in [0, 0.05) is 11.3 Å². The first kappa shape index (κ1) is 25.5. The predicted octanol–water partition coefficient (Wildman–Crippen LogP) is 5.56. The number of rotatable bonds is 6. The SMILES string of the molecule is CCOC(=O)C1=C(C)NC(c2ccccc2)=C(C(=O)OCc2ccc(C)cc2)[C@@H]1C#Cc1ccccc1. The molecule has 0 fully saturated rings. The lowest BCUT2D eigenvalue weighted by atomic mass is 9.84. The molecule has 0 spiro atoms. The largest absolute Gasteiger partial charge is 0.463 e. The molecule has 4 rings (SSSR count). The average molecular weight is 492 g/mol. The van der Waals surface area contributed by atoms with E-state index in [1.54, 1.807) is 13.8 Å². The lowest BCUT2D eigenvalue weighted by Crippen LogP contribution is -2.33. The van der Waals surface area contributed by atoms with Crippen molar-refractivity contribution in [1.29, 1.82) is 0 Å². The molecule has 1 N–H and O–H groups in total. The molecule has 3 aromatic carbocycles. The van der Waals surface area contributed by atoms with Crippen LogP contribution in [0.3, 0.4) is 0 Å². The summed E-state index contributed by atoms with van der Waals surface area (Å²) in [6.07, 6.45) is 0. The van der Waals surface area contributed by atoms with Gasteiger partial charge < -0.3 is 14.8 Å². The second-order valence-corrected chi connectivity index (χ2v) is 8.67. The molecule has 5 heteroatoms. The van der Waals surface area contributed by atoms with E-state index in [4.69, 9.17) is 9.47 Å². The molecule has 1 atom stereocenters. The fourth-order valence-electron chi connectivity index (χ4n) is 4.09. The third kappa shape index (κ3) is 6.17. The minimum atomic E-state index is -0.846. The van der Waals surface area contributed by atoms with Crippen LogP contribution in [0.5, 0.6) is 0 Å². The van der Waals surface area contributed by atoms with Crippen molar-refractivity contribution in [3.8, 4) is 11.8 Å². The van der Waals surface area contributed by atoms with Crippen LogP contribution >= 0.6 is 0 Å². The summed E-state index contributed by atoms with van der Waals surface area (Å²) in [6, 6.07) is 26.7. The average Bonchev–Trinajstić information content (AvgIpc) is 2.92. The maximum atomic E-state index is 13.7. The minimum absolute atomic E-state index is 0.0982. The number of esters is 2. The summed E-state index contributed by atoms with van der Waals surface area (Å²) in [4.78, 5) is 26.8. The van der Waals surface area contributed by atoms with Gasteiger partial charge >= 0.3 is 11.9 Å². The van der Waals surface area contributed by atoms with Crippen LogP contribution in [0.15, 0.2) is 102 Å². The van der Waals surface area contributed by atoms with Gasteiger partial charge in [0.15, 0.2) is 0 Å². The van der Waals surface area contributed by atoms with E-state index in [2.05, 4.69) is 17.2 Å². The van der Waals surface area contributed by atoms with Crippen LogP contribution in [0, 0.1) is 24.7 Å². The maximum Gasteiger partial charge on any atom is 0.338 e. The number of nitrogens with one attached hydrogen (secondary N) is 1. The number of carbonyl (C=O) groups excluding carboxylic acids is 2. The molecule has 0 aliphatic carbocycles. The third-order valence-corrected chi connectivity index (χ3v) is 5.97. The Morgan fingerprint density at radius 3 is 2.08 bits per heavy atom. The summed E-state index contributed by atoms with van der Waals surface area (Å²) < 4.78 is 11.1. The van der Waals surface area contributed by atoms with Crippen molar-refractivity contribution in [2.75, 3.05) is 6.61 Å². The molecule has 0 unspecified atom stereocenters. The van der Waals surface area contributed by atoms with Crippen molar-refractivity contribution in [2.45, 2.75) is 27.4 Å². The van der Waals surface area contributed by atoms with Crippen LogP contribution in [-0.4, -0.2) is 18.5 Å². The number of carbonyl (C=O) groups is 2. The van der Waals surface area contributed by atoms with Gasteiger partial charge in [-0.05, 0) is 44.0 Å². The van der Waals surface area contributed by atoms with Gasteiger partial charge in [0.25, 0.3) is 0 Å². The molecule has 0 amide bonds. The molecule has 5 nitrogen and oxygen atoms in total. The first-order chi connectivity index (χ1) is 18.0. The molecule has 0 radical (unpaired) electrons. The van der Waals surface area contributed by atoms with Gasteiger partial charge in [0.05, 0.1) is 29.4 Å². The fourth-order valence-corrected chi connectivity index (χ4v) is 4.09. The van der Waals surface area contributed by atoms with E-state index < -0.39 is 17.9 Å². The van der Waals surface area contributed by atoms with Gasteiger partial charge in [-0.2, -0.15) is 0 Å². The monoisotopic (exact) mass is 491 g/mol. The van der Waals surface area contributed by atoms with E-state index in [1.165, 1.54) is 0 Å². The highest BCUT2D eigenvalue weighted by Crippen LogP contribution is 2.35. The highest BCUT2D eigenvalue weighted by Gasteiger charge is 2.37. The standard InChI is InChI=1S/C32H29NO4/c1-4-36-31(34)28-23(3)33-30(26-13-9-6-10-14-26)29(27(28)20-19-24-11-7-5-8-12-24)32(35)37-21-25-17-15-22(2)16-18-25/h5-18,27,33H,4,21H2,1-3H3/t27-/m1/s1. The number of hydrogen-bond donors (Lipinski definition) is 1. The van der Waals surface area contributed by atoms with Crippen molar-refractivity contribution in [3.05, 3.63) is 124 Å². The lowest BCUT2D eigenvalue weighted by Gasteiger charge is -2.29. The first-order valence-corrected chi connectivity index (χ1v) is 12.2. The van der Waals surface area contributed by atoms with Crippen LogP contribution in [0.25, 0.3) is 5.70 Å². The van der Waals surface area contributed by atoms with Gasteiger partial charge in [-0.25, -0.2) is 9.59 Å². The normalized spacial score (nSPS) is 14.8. The summed E-state index contributed by atoms with van der Waals surface area (Å²) in [5, 5.41) is 3.28. The van der Waals surface area contributed by atoms with Gasteiger partial charge in [0.2, 0.25) is 0 Å². The Bertz CT molecular complexity index is 1390. The summed E-state index contributed by atoms with van der Waals surface area (Å²) in [5.41, 5.74) is 5.27. The Kier molecular flexibility index (Phi) is 8.22. The van der Waals surface area contributed by atoms with E-state index in [1.807, 2.05) is 91.9 Å². The van der Waals surface area contributed by atoms with Gasteiger partial charge in [-0.3, -0.25) is 0 Å². The van der Waals surface area contributed by atoms with Crippen molar-refractivity contribution in [1.82, 2.24) is 5.32 Å². The van der Waals surface area contributed by atoms with Crippen LogP contribution in [0.4, 0.5) is 0 Å². The maximum absolute atomic E-state index is 13.7. The molecular formula is C32H29NO4. The van der Waals surface area contributed by atoms with Crippen LogP contribution < -0.4 is 5.32 Å². The smallest absolute Gasteiger partial charge is 0.338 e. The summed E-state index contributed by atoms with van der Waals surface area (Å²) in [5.74, 6) is 4.41. The van der Waals surface area contributed by atoms with Crippen molar-refractivity contribution in [2.24, 2.45) is 5.92 Å². The second kappa shape index (κ2) is 11.9. The highest BCUT2D eigenvalue weighted by molar-refractivity contribution is 6.04. The molecule has 37 heavy (non-hydrogen) atoms. The molecule has 3 aromatic rings. The van der Waals surface area contributed by atoms with Gasteiger partial charge in [0.1, 0.15) is 6.61 Å². The van der Waals surface area contributed by atoms with Crippen LogP contribution in [-0.2, 0) is 25.7 Å². The number of benzene rings is 3. The Morgan fingerprint density at radius 1 is 0.811 bits per heavy atom. The first-order valence-electron chi connectivity index (χ1n) is 12.2. The topological polar surface area (TPSA) is 64.6 Å². The summed E-state index contributed by atoms with van der Waals surface area (Å²) in [6.45, 7) is 5.84. The zero-order valence-electron chi connectivity index (χ0n) is 21.2. The predicted molar refractivity (Wildman–Crippen MR) is 144 cm³/mol. The second-order valence-electron chi connectivity index (χ2n) is 8.67. The molecule has 0 aromatic heterocycles. The third-order valence-electron chi connectivity index (χ3n) is 5.97. The van der Waals surface area contributed by atoms with E-state index in [0.29, 0.717) is 17.0 Å². The molecule has 1 heterocycles. The number of allylic oxidation sites excluding steroid dienone is 1. The zero-order chi connectivity index (χ0) is 26.2. The molecule has 0 saturated carbocycles. The molecule has 1 aliphatic rings. The lowest BCUT2D eigenvalue weighted by molar-refractivity contribution is -0.140. The van der Waals surface area contributed by atoms with Crippen molar-refractivity contribution in [3.63, 3.8) is 0 Å². The van der Waals surface area contributed by atoms with E-state index in [9.17, 15) is 9.59 Å². The quantitative estimate of drug-likeness (QED) is 0.361. The molecular weight excluding hydrogens is 462 g/mol. The number of aryl methyl sites for hydroxylation is 1. The Hall–Kier alpha value is -4.56. The molecule has 1 aliphatic heterocycles. The number of ether oxygens (including phenoxy) is 2.